The number of carbonyl (C=O) groups is 1. The van der Waals surface area contributed by atoms with E-state index in [-0.39, 0.29) is 11.9 Å². The summed E-state index contributed by atoms with van der Waals surface area (Å²) in [6, 6.07) is 11.0. The Morgan fingerprint density at radius 2 is 1.83 bits per heavy atom. The Hall–Kier alpha value is -1.46. The Bertz CT molecular complexity index is 660. The molecule has 0 spiro atoms. The number of aliphatic imine (C=N–C) groups is 1. The molecule has 2 aliphatic rings. The van der Waals surface area contributed by atoms with Gasteiger partial charge in [0.25, 0.3) is 5.91 Å². The van der Waals surface area contributed by atoms with Gasteiger partial charge in [0.1, 0.15) is 17.5 Å². The largest absolute Gasteiger partial charge is 0.401 e. The zero-order valence-corrected chi connectivity index (χ0v) is 15.7. The fraction of sp³-hybridized carbons (Fsp3) is 0.556. The van der Waals surface area contributed by atoms with Crippen molar-refractivity contribution in [3.8, 4) is 0 Å². The quantitative estimate of drug-likeness (QED) is 0.764. The Morgan fingerprint density at radius 1 is 1.22 bits per heavy atom. The number of para-hydroxylation sites is 1. The monoisotopic (exact) mass is 330 g/mol. The summed E-state index contributed by atoms with van der Waals surface area (Å²) in [5, 5.41) is 0. The third kappa shape index (κ3) is 2.21. The smallest absolute Gasteiger partial charge is 0.257 e. The van der Waals surface area contributed by atoms with Gasteiger partial charge in [0, 0.05) is 5.56 Å². The summed E-state index contributed by atoms with van der Waals surface area (Å²) in [6.45, 7) is 10.6. The summed E-state index contributed by atoms with van der Waals surface area (Å²) in [6.07, 6.45) is 0. The molecule has 1 amide bonds. The fourth-order valence-corrected chi connectivity index (χ4v) is 6.85. The van der Waals surface area contributed by atoms with E-state index in [9.17, 15) is 4.79 Å². The van der Waals surface area contributed by atoms with E-state index in [0.717, 1.165) is 35.2 Å². The number of amides is 1. The van der Waals surface area contributed by atoms with Gasteiger partial charge in [-0.1, -0.05) is 39.0 Å². The maximum atomic E-state index is 12.6. The zero-order valence-electron chi connectivity index (χ0n) is 14.7. The molecule has 23 heavy (non-hydrogen) atoms. The van der Waals surface area contributed by atoms with Gasteiger partial charge >= 0.3 is 0 Å². The van der Waals surface area contributed by atoms with Crippen molar-refractivity contribution in [2.75, 3.05) is 4.90 Å². The Labute approximate surface area is 139 Å². The molecule has 1 aromatic rings. The SMILES string of the molecule is CC[Si](CC)(CC)O[C@]1(C)C2=N[C@H](C)C(=O)N2c2ccccc21. The molecule has 0 aliphatic carbocycles. The second-order valence-electron chi connectivity index (χ2n) is 6.70. The van der Waals surface area contributed by atoms with Crippen LogP contribution in [0.4, 0.5) is 5.69 Å². The Kier molecular flexibility index (Phi) is 3.97. The van der Waals surface area contributed by atoms with Crippen molar-refractivity contribution >= 4 is 25.7 Å². The first-order chi connectivity index (χ1) is 10.9. The van der Waals surface area contributed by atoms with Crippen LogP contribution in [0.2, 0.25) is 18.1 Å². The second kappa shape index (κ2) is 5.56. The van der Waals surface area contributed by atoms with Gasteiger partial charge in [0.15, 0.2) is 8.32 Å². The average Bonchev–Trinajstić information content (AvgIpc) is 3.00. The maximum Gasteiger partial charge on any atom is 0.257 e. The van der Waals surface area contributed by atoms with Gasteiger partial charge in [0.05, 0.1) is 5.69 Å². The first-order valence-corrected chi connectivity index (χ1v) is 11.2. The van der Waals surface area contributed by atoms with E-state index in [1.54, 1.807) is 4.90 Å². The molecular weight excluding hydrogens is 304 g/mol. The van der Waals surface area contributed by atoms with Crippen LogP contribution in [-0.2, 0) is 14.8 Å². The second-order valence-corrected chi connectivity index (χ2v) is 11.4. The normalized spacial score (nSPS) is 26.3. The topological polar surface area (TPSA) is 41.9 Å². The van der Waals surface area contributed by atoms with Crippen molar-refractivity contribution < 1.29 is 9.22 Å². The minimum atomic E-state index is -1.85. The summed E-state index contributed by atoms with van der Waals surface area (Å²) in [5.41, 5.74) is 1.41. The number of hydrogen-bond acceptors (Lipinski definition) is 3. The molecule has 2 heterocycles. The number of carbonyl (C=O) groups excluding carboxylic acids is 1. The lowest BCUT2D eigenvalue weighted by atomic mass is 9.97. The van der Waals surface area contributed by atoms with E-state index in [2.05, 4.69) is 38.8 Å². The lowest BCUT2D eigenvalue weighted by Crippen LogP contribution is -2.49. The van der Waals surface area contributed by atoms with Crippen LogP contribution >= 0.6 is 0 Å². The summed E-state index contributed by atoms with van der Waals surface area (Å²) < 4.78 is 6.89. The zero-order chi connectivity index (χ0) is 16.8. The molecule has 124 valence electrons. The van der Waals surface area contributed by atoms with Crippen molar-refractivity contribution in [1.82, 2.24) is 0 Å². The number of hydrogen-bond donors (Lipinski definition) is 0. The number of anilines is 1. The molecular formula is C18H26N2O2Si. The van der Waals surface area contributed by atoms with Gasteiger partial charge in [-0.25, -0.2) is 0 Å². The average molecular weight is 331 g/mol. The van der Waals surface area contributed by atoms with E-state index < -0.39 is 13.9 Å². The first-order valence-electron chi connectivity index (χ1n) is 8.64. The van der Waals surface area contributed by atoms with Gasteiger partial charge in [-0.05, 0) is 38.0 Å². The van der Waals surface area contributed by atoms with Crippen molar-refractivity contribution in [2.45, 2.75) is 64.4 Å². The lowest BCUT2D eigenvalue weighted by Gasteiger charge is -2.38. The van der Waals surface area contributed by atoms with Gasteiger partial charge in [-0.2, -0.15) is 0 Å². The van der Waals surface area contributed by atoms with Gasteiger partial charge in [-0.15, -0.1) is 0 Å². The molecule has 0 N–H and O–H groups in total. The highest BCUT2D eigenvalue weighted by Gasteiger charge is 2.55. The molecule has 0 aromatic heterocycles. The van der Waals surface area contributed by atoms with Crippen LogP contribution in [0.25, 0.3) is 0 Å². The number of amidine groups is 1. The van der Waals surface area contributed by atoms with Gasteiger partial charge in [0.2, 0.25) is 0 Å². The van der Waals surface area contributed by atoms with Crippen molar-refractivity contribution in [1.29, 1.82) is 0 Å². The number of benzene rings is 1. The molecule has 5 heteroatoms. The molecule has 0 radical (unpaired) electrons. The van der Waals surface area contributed by atoms with E-state index in [0.29, 0.717) is 0 Å². The predicted octanol–water partition coefficient (Wildman–Crippen LogP) is 4.07. The number of nitrogens with zero attached hydrogens (tertiary/aromatic N) is 2. The Morgan fingerprint density at radius 3 is 2.43 bits per heavy atom. The van der Waals surface area contributed by atoms with Crippen molar-refractivity contribution in [3.63, 3.8) is 0 Å². The van der Waals surface area contributed by atoms with Crippen LogP contribution < -0.4 is 4.90 Å². The molecule has 0 saturated carbocycles. The third-order valence-corrected chi connectivity index (χ3v) is 10.3. The third-order valence-electron chi connectivity index (χ3n) is 5.54. The number of rotatable bonds is 5. The predicted molar refractivity (Wildman–Crippen MR) is 96.5 cm³/mol. The van der Waals surface area contributed by atoms with E-state index in [1.807, 2.05) is 25.1 Å². The molecule has 2 atom stereocenters. The Balaban J connectivity index is 2.14. The van der Waals surface area contributed by atoms with Crippen LogP contribution in [0, 0.1) is 0 Å². The fourth-order valence-electron chi connectivity index (χ4n) is 3.85. The van der Waals surface area contributed by atoms with Crippen LogP contribution in [0.1, 0.15) is 40.2 Å². The molecule has 3 rings (SSSR count). The van der Waals surface area contributed by atoms with Crippen LogP contribution in [0.15, 0.2) is 29.3 Å². The first kappa shape index (κ1) is 16.4. The van der Waals surface area contributed by atoms with Crippen LogP contribution in [0.5, 0.6) is 0 Å². The summed E-state index contributed by atoms with van der Waals surface area (Å²) in [7, 11) is -1.85. The highest BCUT2D eigenvalue weighted by atomic mass is 28.4. The lowest BCUT2D eigenvalue weighted by molar-refractivity contribution is -0.117. The van der Waals surface area contributed by atoms with Gasteiger partial charge < -0.3 is 4.43 Å². The number of fused-ring (bicyclic) bond motifs is 3. The van der Waals surface area contributed by atoms with E-state index >= 15 is 0 Å². The minimum Gasteiger partial charge on any atom is -0.401 e. The molecule has 0 unspecified atom stereocenters. The molecule has 0 bridgehead atoms. The molecule has 0 fully saturated rings. The standard InChI is InChI=1S/C18H26N2O2Si/c1-6-23(7-2,8-3)22-18(5)14-11-9-10-12-15(14)20-16(21)13(4)19-17(18)20/h9-13H,6-8H2,1-5H3/t13-,18+/m1/s1. The summed E-state index contributed by atoms with van der Waals surface area (Å²) >= 11 is 0. The summed E-state index contributed by atoms with van der Waals surface area (Å²) in [5.74, 6) is 0.833. The minimum absolute atomic E-state index is 0.0523. The molecule has 1 aromatic carbocycles. The van der Waals surface area contributed by atoms with Crippen molar-refractivity contribution in [2.24, 2.45) is 4.99 Å². The van der Waals surface area contributed by atoms with Crippen molar-refractivity contribution in [3.05, 3.63) is 29.8 Å². The van der Waals surface area contributed by atoms with E-state index in [4.69, 9.17) is 4.43 Å². The van der Waals surface area contributed by atoms with Crippen LogP contribution in [-0.4, -0.2) is 26.1 Å². The molecule has 4 nitrogen and oxygen atoms in total. The molecule has 2 aliphatic heterocycles. The van der Waals surface area contributed by atoms with Crippen LogP contribution in [0.3, 0.4) is 0 Å². The van der Waals surface area contributed by atoms with E-state index in [1.165, 1.54) is 0 Å². The highest BCUT2D eigenvalue weighted by molar-refractivity contribution is 6.73. The molecule has 0 saturated heterocycles. The van der Waals surface area contributed by atoms with Gasteiger partial charge in [-0.3, -0.25) is 14.7 Å². The summed E-state index contributed by atoms with van der Waals surface area (Å²) in [4.78, 5) is 19.0. The maximum absolute atomic E-state index is 12.6. The highest BCUT2D eigenvalue weighted by Crippen LogP contribution is 2.48.